The van der Waals surface area contributed by atoms with Crippen molar-refractivity contribution in [1.82, 2.24) is 4.98 Å². The highest BCUT2D eigenvalue weighted by Gasteiger charge is 2.18. The molecule has 21 heavy (non-hydrogen) atoms. The van der Waals surface area contributed by atoms with Crippen LogP contribution in [0.3, 0.4) is 0 Å². The Morgan fingerprint density at radius 3 is 2.81 bits per heavy atom. The number of nitro benzene ring substituents is 1. The van der Waals surface area contributed by atoms with Crippen LogP contribution in [0.25, 0.3) is 10.2 Å². The summed E-state index contributed by atoms with van der Waals surface area (Å²) in [6.07, 6.45) is 6.12. The smallest absolute Gasteiger partial charge is 0.274 e. The van der Waals surface area contributed by atoms with Crippen molar-refractivity contribution in [2.75, 3.05) is 12.4 Å². The van der Waals surface area contributed by atoms with Gasteiger partial charge in [-0.25, -0.2) is 4.98 Å². The molecule has 1 N–H and O–H groups in total. The molecule has 1 aliphatic carbocycles. The number of aromatic nitrogens is 1. The first-order valence-corrected chi connectivity index (χ1v) is 7.88. The number of non-ortho nitro benzene ring substituents is 1. The van der Waals surface area contributed by atoms with Gasteiger partial charge in [0.25, 0.3) is 5.69 Å². The molecule has 2 aromatic rings. The van der Waals surface area contributed by atoms with Crippen molar-refractivity contribution in [3.8, 4) is 5.75 Å². The minimum Gasteiger partial charge on any atom is -0.494 e. The number of hydrogen-bond donors (Lipinski definition) is 1. The van der Waals surface area contributed by atoms with Crippen LogP contribution >= 0.6 is 11.3 Å². The van der Waals surface area contributed by atoms with Crippen LogP contribution in [0.5, 0.6) is 5.75 Å². The minimum atomic E-state index is -0.407. The van der Waals surface area contributed by atoms with Crippen LogP contribution in [-0.2, 0) is 0 Å². The van der Waals surface area contributed by atoms with Crippen LogP contribution in [0, 0.1) is 10.1 Å². The lowest BCUT2D eigenvalue weighted by Crippen LogP contribution is -2.21. The Bertz CT molecular complexity index is 665. The topological polar surface area (TPSA) is 77.3 Å². The molecule has 6 nitrogen and oxygen atoms in total. The number of hydrogen-bond acceptors (Lipinski definition) is 6. The molecule has 0 atom stereocenters. The molecule has 7 heteroatoms. The second-order valence-electron chi connectivity index (χ2n) is 5.25. The van der Waals surface area contributed by atoms with Crippen molar-refractivity contribution in [2.45, 2.75) is 38.1 Å². The Labute approximate surface area is 126 Å². The van der Waals surface area contributed by atoms with Gasteiger partial charge in [0.15, 0.2) is 10.9 Å². The Balaban J connectivity index is 1.92. The first kappa shape index (κ1) is 14.1. The molecule has 0 spiro atoms. The minimum absolute atomic E-state index is 0.0345. The maximum absolute atomic E-state index is 11.0. The predicted molar refractivity (Wildman–Crippen MR) is 83.3 cm³/mol. The largest absolute Gasteiger partial charge is 0.494 e. The summed E-state index contributed by atoms with van der Waals surface area (Å²) < 4.78 is 6.01. The van der Waals surface area contributed by atoms with E-state index < -0.39 is 4.92 Å². The van der Waals surface area contributed by atoms with Crippen LogP contribution < -0.4 is 10.1 Å². The van der Waals surface area contributed by atoms with Crippen molar-refractivity contribution in [2.24, 2.45) is 0 Å². The number of fused-ring (bicyclic) bond motifs is 1. The number of ether oxygens (including phenoxy) is 1. The maximum Gasteiger partial charge on any atom is 0.274 e. The average Bonchev–Trinajstić information content (AvgIpc) is 2.89. The SMILES string of the molecule is COc1cc([N+](=O)[O-])cc2sc(NC3CCCCC3)nc12. The Morgan fingerprint density at radius 1 is 1.38 bits per heavy atom. The molecular formula is C14H17N3O3S. The third-order valence-corrected chi connectivity index (χ3v) is 4.74. The molecule has 3 rings (SSSR count). The van der Waals surface area contributed by atoms with Crippen molar-refractivity contribution in [3.05, 3.63) is 22.2 Å². The van der Waals surface area contributed by atoms with Gasteiger partial charge in [0.1, 0.15) is 5.52 Å². The van der Waals surface area contributed by atoms with E-state index in [0.29, 0.717) is 17.3 Å². The normalized spacial score (nSPS) is 16.0. The van der Waals surface area contributed by atoms with Crippen LogP contribution in [0.2, 0.25) is 0 Å². The third kappa shape index (κ3) is 2.92. The van der Waals surface area contributed by atoms with E-state index in [2.05, 4.69) is 10.3 Å². The van der Waals surface area contributed by atoms with Gasteiger partial charge in [0.2, 0.25) is 0 Å². The Morgan fingerprint density at radius 2 is 2.14 bits per heavy atom. The Kier molecular flexibility index (Phi) is 3.92. The van der Waals surface area contributed by atoms with E-state index in [1.807, 2.05) is 0 Å². The molecule has 1 aliphatic rings. The molecule has 0 saturated heterocycles. The molecule has 1 heterocycles. The molecule has 1 aromatic heterocycles. The average molecular weight is 307 g/mol. The highest BCUT2D eigenvalue weighted by molar-refractivity contribution is 7.22. The summed E-state index contributed by atoms with van der Waals surface area (Å²) in [5.74, 6) is 0.451. The second kappa shape index (κ2) is 5.85. The first-order chi connectivity index (χ1) is 10.2. The summed E-state index contributed by atoms with van der Waals surface area (Å²) in [5, 5.41) is 15.2. The highest BCUT2D eigenvalue weighted by Crippen LogP contribution is 2.36. The van der Waals surface area contributed by atoms with Crippen molar-refractivity contribution >= 4 is 32.4 Å². The summed E-state index contributed by atoms with van der Waals surface area (Å²) in [7, 11) is 1.51. The molecule has 112 valence electrons. The number of anilines is 1. The van der Waals surface area contributed by atoms with Crippen LogP contribution in [0.1, 0.15) is 32.1 Å². The van der Waals surface area contributed by atoms with Gasteiger partial charge in [0, 0.05) is 12.1 Å². The van der Waals surface area contributed by atoms with Gasteiger partial charge in [-0.2, -0.15) is 0 Å². The van der Waals surface area contributed by atoms with Gasteiger partial charge in [0.05, 0.1) is 22.8 Å². The fourth-order valence-corrected chi connectivity index (χ4v) is 3.72. The molecule has 1 saturated carbocycles. The number of thiazole rings is 1. The molecule has 1 fully saturated rings. The molecule has 0 aliphatic heterocycles. The first-order valence-electron chi connectivity index (χ1n) is 7.07. The lowest BCUT2D eigenvalue weighted by Gasteiger charge is -2.22. The molecular weight excluding hydrogens is 290 g/mol. The van der Waals surface area contributed by atoms with Crippen molar-refractivity contribution in [1.29, 1.82) is 0 Å². The predicted octanol–water partition coefficient (Wildman–Crippen LogP) is 3.96. The van der Waals surface area contributed by atoms with Gasteiger partial charge in [-0.15, -0.1) is 0 Å². The summed E-state index contributed by atoms with van der Waals surface area (Å²) >= 11 is 1.45. The van der Waals surface area contributed by atoms with E-state index in [0.717, 1.165) is 22.7 Å². The van der Waals surface area contributed by atoms with E-state index in [-0.39, 0.29) is 5.69 Å². The van der Waals surface area contributed by atoms with Gasteiger partial charge in [-0.3, -0.25) is 10.1 Å². The van der Waals surface area contributed by atoms with E-state index >= 15 is 0 Å². The van der Waals surface area contributed by atoms with Crippen molar-refractivity contribution < 1.29 is 9.66 Å². The van der Waals surface area contributed by atoms with Crippen molar-refractivity contribution in [3.63, 3.8) is 0 Å². The van der Waals surface area contributed by atoms with E-state index in [4.69, 9.17) is 4.74 Å². The van der Waals surface area contributed by atoms with Gasteiger partial charge in [-0.1, -0.05) is 30.6 Å². The van der Waals surface area contributed by atoms with Gasteiger partial charge in [-0.05, 0) is 12.8 Å². The standard InChI is InChI=1S/C14H17N3O3S/c1-20-11-7-10(17(18)19)8-12-13(11)16-14(21-12)15-9-5-3-2-4-6-9/h7-9H,2-6H2,1H3,(H,15,16). The summed E-state index contributed by atoms with van der Waals surface area (Å²) in [5.41, 5.74) is 0.721. The third-order valence-electron chi connectivity index (χ3n) is 3.81. The maximum atomic E-state index is 11.0. The molecule has 0 amide bonds. The molecule has 0 unspecified atom stereocenters. The monoisotopic (exact) mass is 307 g/mol. The number of benzene rings is 1. The van der Waals surface area contributed by atoms with Crippen LogP contribution in [-0.4, -0.2) is 23.1 Å². The summed E-state index contributed by atoms with van der Waals surface area (Å²) in [4.78, 5) is 15.1. The Hall–Kier alpha value is -1.89. The number of nitrogens with zero attached hydrogens (tertiary/aromatic N) is 2. The number of nitrogens with one attached hydrogen (secondary N) is 1. The zero-order valence-corrected chi connectivity index (χ0v) is 12.6. The quantitative estimate of drug-likeness (QED) is 0.683. The van der Waals surface area contributed by atoms with Crippen LogP contribution in [0.15, 0.2) is 12.1 Å². The molecule has 1 aromatic carbocycles. The van der Waals surface area contributed by atoms with E-state index in [1.54, 1.807) is 6.07 Å². The number of rotatable bonds is 4. The number of nitro groups is 1. The van der Waals surface area contributed by atoms with E-state index in [1.165, 1.54) is 43.8 Å². The molecule has 0 radical (unpaired) electrons. The fraction of sp³-hybridized carbons (Fsp3) is 0.500. The summed E-state index contributed by atoms with van der Waals surface area (Å²) in [6, 6.07) is 3.44. The zero-order valence-electron chi connectivity index (χ0n) is 11.8. The van der Waals surface area contributed by atoms with Gasteiger partial charge < -0.3 is 10.1 Å². The zero-order chi connectivity index (χ0) is 14.8. The second-order valence-corrected chi connectivity index (χ2v) is 6.28. The fourth-order valence-electron chi connectivity index (χ4n) is 2.73. The lowest BCUT2D eigenvalue weighted by atomic mass is 9.96. The lowest BCUT2D eigenvalue weighted by molar-refractivity contribution is -0.384. The summed E-state index contributed by atoms with van der Waals surface area (Å²) in [6.45, 7) is 0. The van der Waals surface area contributed by atoms with Gasteiger partial charge >= 0.3 is 0 Å². The van der Waals surface area contributed by atoms with E-state index in [9.17, 15) is 10.1 Å². The van der Waals surface area contributed by atoms with Crippen LogP contribution in [0.4, 0.5) is 10.8 Å². The highest BCUT2D eigenvalue weighted by atomic mass is 32.1. The molecule has 0 bridgehead atoms. The number of methoxy groups -OCH3 is 1.